The predicted octanol–water partition coefficient (Wildman–Crippen LogP) is 1.14. The first kappa shape index (κ1) is 9.66. The van der Waals surface area contributed by atoms with E-state index in [-0.39, 0.29) is 6.10 Å². The van der Waals surface area contributed by atoms with Crippen molar-refractivity contribution in [3.63, 3.8) is 0 Å². The van der Waals surface area contributed by atoms with Crippen molar-refractivity contribution in [2.75, 3.05) is 18.0 Å². The molecule has 16 heavy (non-hydrogen) atoms. The van der Waals surface area contributed by atoms with Crippen LogP contribution in [0.15, 0.2) is 24.3 Å². The van der Waals surface area contributed by atoms with Crippen molar-refractivity contribution in [2.45, 2.75) is 12.5 Å². The van der Waals surface area contributed by atoms with E-state index in [1.165, 1.54) is 0 Å². The van der Waals surface area contributed by atoms with Crippen molar-refractivity contribution < 1.29 is 5.11 Å². The third kappa shape index (κ3) is 1.38. The van der Waals surface area contributed by atoms with E-state index >= 15 is 0 Å². The fraction of sp³-hybridized carbons (Fsp3) is 0.417. The third-order valence-electron chi connectivity index (χ3n) is 3.21. The van der Waals surface area contributed by atoms with Crippen molar-refractivity contribution in [1.29, 1.82) is 0 Å². The Labute approximate surface area is 94.1 Å². The maximum atomic E-state index is 9.55. The van der Waals surface area contributed by atoms with Gasteiger partial charge in [0.05, 0.1) is 17.1 Å². The standard InChI is InChI=1S/C12H15N3O/c1-14-11-5-3-2-4-10(11)13-12(14)15-7-6-9(16)8-15/h2-5,9,16H,6-8H2,1H3/t9-/m0/s1. The monoisotopic (exact) mass is 217 g/mol. The van der Waals surface area contributed by atoms with Crippen LogP contribution in [-0.2, 0) is 7.05 Å². The molecule has 3 rings (SSSR count). The Bertz CT molecular complexity index is 520. The van der Waals surface area contributed by atoms with Gasteiger partial charge >= 0.3 is 0 Å². The van der Waals surface area contributed by atoms with Crippen molar-refractivity contribution in [1.82, 2.24) is 9.55 Å². The summed E-state index contributed by atoms with van der Waals surface area (Å²) in [4.78, 5) is 6.75. The summed E-state index contributed by atoms with van der Waals surface area (Å²) in [7, 11) is 2.02. The predicted molar refractivity (Wildman–Crippen MR) is 63.6 cm³/mol. The average Bonchev–Trinajstić information content (AvgIpc) is 2.84. The molecule has 1 N–H and O–H groups in total. The first-order valence-electron chi connectivity index (χ1n) is 5.60. The molecule has 0 bridgehead atoms. The molecule has 1 atom stereocenters. The minimum atomic E-state index is -0.209. The first-order chi connectivity index (χ1) is 7.75. The summed E-state index contributed by atoms with van der Waals surface area (Å²) in [5.41, 5.74) is 2.15. The van der Waals surface area contributed by atoms with Crippen LogP contribution >= 0.6 is 0 Å². The molecule has 0 amide bonds. The number of nitrogens with zero attached hydrogens (tertiary/aromatic N) is 3. The van der Waals surface area contributed by atoms with Gasteiger partial charge in [0.2, 0.25) is 5.95 Å². The van der Waals surface area contributed by atoms with Gasteiger partial charge in [0.1, 0.15) is 0 Å². The Morgan fingerprint density at radius 1 is 1.38 bits per heavy atom. The third-order valence-corrected chi connectivity index (χ3v) is 3.21. The lowest BCUT2D eigenvalue weighted by Crippen LogP contribution is -2.24. The number of aliphatic hydroxyl groups excluding tert-OH is 1. The number of β-amino-alcohol motifs (C(OH)–C–C–N with tert-alkyl or cyclic N) is 1. The number of imidazole rings is 1. The quantitative estimate of drug-likeness (QED) is 0.779. The van der Waals surface area contributed by atoms with Crippen LogP contribution in [0.1, 0.15) is 6.42 Å². The molecular weight excluding hydrogens is 202 g/mol. The lowest BCUT2D eigenvalue weighted by molar-refractivity contribution is 0.198. The molecule has 1 aromatic heterocycles. The SMILES string of the molecule is Cn1c(N2CC[C@H](O)C2)nc2ccccc21. The Kier molecular flexibility index (Phi) is 2.11. The van der Waals surface area contributed by atoms with Gasteiger partial charge in [-0.05, 0) is 18.6 Å². The van der Waals surface area contributed by atoms with Crippen LogP contribution in [-0.4, -0.2) is 33.9 Å². The number of aliphatic hydroxyl groups is 1. The van der Waals surface area contributed by atoms with Crippen LogP contribution in [0.3, 0.4) is 0 Å². The number of hydrogen-bond donors (Lipinski definition) is 1. The number of hydrogen-bond acceptors (Lipinski definition) is 3. The van der Waals surface area contributed by atoms with Crippen LogP contribution in [0.5, 0.6) is 0 Å². The van der Waals surface area contributed by atoms with Crippen molar-refractivity contribution in [2.24, 2.45) is 7.05 Å². The number of rotatable bonds is 1. The van der Waals surface area contributed by atoms with Crippen LogP contribution in [0, 0.1) is 0 Å². The smallest absolute Gasteiger partial charge is 0.206 e. The zero-order valence-electron chi connectivity index (χ0n) is 9.30. The maximum Gasteiger partial charge on any atom is 0.206 e. The zero-order valence-corrected chi connectivity index (χ0v) is 9.30. The lowest BCUT2D eigenvalue weighted by Gasteiger charge is -2.16. The zero-order chi connectivity index (χ0) is 11.1. The number of fused-ring (bicyclic) bond motifs is 1. The molecule has 1 aromatic carbocycles. The van der Waals surface area contributed by atoms with Crippen molar-refractivity contribution in [3.8, 4) is 0 Å². The van der Waals surface area contributed by atoms with E-state index in [1.807, 2.05) is 25.2 Å². The number of aromatic nitrogens is 2. The van der Waals surface area contributed by atoms with Gasteiger partial charge in [-0.25, -0.2) is 4.98 Å². The fourth-order valence-electron chi connectivity index (χ4n) is 2.34. The average molecular weight is 217 g/mol. The van der Waals surface area contributed by atoms with Gasteiger partial charge in [-0.2, -0.15) is 0 Å². The molecular formula is C12H15N3O. The molecule has 1 fully saturated rings. The van der Waals surface area contributed by atoms with E-state index in [9.17, 15) is 5.11 Å². The van der Waals surface area contributed by atoms with Gasteiger partial charge in [0, 0.05) is 20.1 Å². The summed E-state index contributed by atoms with van der Waals surface area (Å²) in [5, 5.41) is 9.55. The maximum absolute atomic E-state index is 9.55. The fourth-order valence-corrected chi connectivity index (χ4v) is 2.34. The van der Waals surface area contributed by atoms with Crippen molar-refractivity contribution in [3.05, 3.63) is 24.3 Å². The van der Waals surface area contributed by atoms with Crippen LogP contribution < -0.4 is 4.90 Å². The molecule has 0 saturated carbocycles. The highest BCUT2D eigenvalue weighted by atomic mass is 16.3. The normalized spacial score (nSPS) is 20.9. The minimum absolute atomic E-state index is 0.209. The molecule has 4 nitrogen and oxygen atoms in total. The van der Waals surface area contributed by atoms with Gasteiger partial charge in [-0.15, -0.1) is 0 Å². The van der Waals surface area contributed by atoms with E-state index in [4.69, 9.17) is 0 Å². The molecule has 0 spiro atoms. The van der Waals surface area contributed by atoms with Crippen molar-refractivity contribution >= 4 is 17.0 Å². The van der Waals surface area contributed by atoms with Crippen LogP contribution in [0.4, 0.5) is 5.95 Å². The van der Waals surface area contributed by atoms with E-state index in [1.54, 1.807) is 0 Å². The molecule has 0 unspecified atom stereocenters. The molecule has 4 heteroatoms. The summed E-state index contributed by atoms with van der Waals surface area (Å²) in [6.07, 6.45) is 0.628. The second-order valence-electron chi connectivity index (χ2n) is 4.35. The van der Waals surface area contributed by atoms with Gasteiger partial charge in [-0.3, -0.25) is 0 Å². The molecule has 84 valence electrons. The Morgan fingerprint density at radius 2 is 2.19 bits per heavy atom. The molecule has 2 heterocycles. The molecule has 1 aliphatic rings. The van der Waals surface area contributed by atoms with E-state index in [0.717, 1.165) is 29.9 Å². The highest BCUT2D eigenvalue weighted by Gasteiger charge is 2.23. The lowest BCUT2D eigenvalue weighted by atomic mass is 10.3. The second kappa shape index (κ2) is 3.49. The molecule has 1 saturated heterocycles. The van der Waals surface area contributed by atoms with E-state index in [0.29, 0.717) is 6.54 Å². The van der Waals surface area contributed by atoms with Crippen LogP contribution in [0.25, 0.3) is 11.0 Å². The summed E-state index contributed by atoms with van der Waals surface area (Å²) in [6.45, 7) is 1.58. The minimum Gasteiger partial charge on any atom is -0.391 e. The molecule has 2 aromatic rings. The summed E-state index contributed by atoms with van der Waals surface area (Å²) >= 11 is 0. The number of anilines is 1. The number of para-hydroxylation sites is 2. The second-order valence-corrected chi connectivity index (χ2v) is 4.35. The summed E-state index contributed by atoms with van der Waals surface area (Å²) < 4.78 is 2.09. The molecule has 1 aliphatic heterocycles. The van der Waals surface area contributed by atoms with E-state index < -0.39 is 0 Å². The summed E-state index contributed by atoms with van der Waals surface area (Å²) in [5.74, 6) is 0.956. The van der Waals surface area contributed by atoms with Gasteiger partial charge < -0.3 is 14.6 Å². The first-order valence-corrected chi connectivity index (χ1v) is 5.60. The number of benzene rings is 1. The highest BCUT2D eigenvalue weighted by Crippen LogP contribution is 2.23. The molecule has 0 aliphatic carbocycles. The van der Waals surface area contributed by atoms with Gasteiger partial charge in [0.15, 0.2) is 0 Å². The Hall–Kier alpha value is -1.55. The van der Waals surface area contributed by atoms with Gasteiger partial charge in [-0.1, -0.05) is 12.1 Å². The Morgan fingerprint density at radius 3 is 2.88 bits per heavy atom. The highest BCUT2D eigenvalue weighted by molar-refractivity contribution is 5.78. The largest absolute Gasteiger partial charge is 0.391 e. The topological polar surface area (TPSA) is 41.3 Å². The Balaban J connectivity index is 2.07. The van der Waals surface area contributed by atoms with Gasteiger partial charge in [0.25, 0.3) is 0 Å². The van der Waals surface area contributed by atoms with Crippen LogP contribution in [0.2, 0.25) is 0 Å². The molecule has 0 radical (unpaired) electrons. The number of aryl methyl sites for hydroxylation is 1. The van der Waals surface area contributed by atoms with E-state index in [2.05, 4.69) is 20.5 Å². The summed E-state index contributed by atoms with van der Waals surface area (Å²) in [6, 6.07) is 8.11.